The van der Waals surface area contributed by atoms with Crippen molar-refractivity contribution in [1.82, 2.24) is 5.32 Å². The fourth-order valence-electron chi connectivity index (χ4n) is 2.01. The van der Waals surface area contributed by atoms with E-state index in [0.29, 0.717) is 24.7 Å². The van der Waals surface area contributed by atoms with Gasteiger partial charge in [-0.2, -0.15) is 0 Å². The lowest BCUT2D eigenvalue weighted by Crippen LogP contribution is -2.40. The molecule has 0 aliphatic carbocycles. The molecule has 15 heavy (non-hydrogen) atoms. The van der Waals surface area contributed by atoms with Gasteiger partial charge < -0.3 is 10.1 Å². The zero-order chi connectivity index (χ0) is 11.3. The van der Waals surface area contributed by atoms with Gasteiger partial charge in [0.1, 0.15) is 0 Å². The molecule has 0 spiro atoms. The highest BCUT2D eigenvalue weighted by molar-refractivity contribution is 7.91. The molecule has 1 fully saturated rings. The van der Waals surface area contributed by atoms with E-state index in [9.17, 15) is 8.42 Å². The van der Waals surface area contributed by atoms with Gasteiger partial charge in [0.15, 0.2) is 9.84 Å². The van der Waals surface area contributed by atoms with Crippen molar-refractivity contribution < 1.29 is 13.2 Å². The number of hydrogen-bond donors (Lipinski definition) is 1. The zero-order valence-corrected chi connectivity index (χ0v) is 10.3. The van der Waals surface area contributed by atoms with E-state index < -0.39 is 9.84 Å². The lowest BCUT2D eigenvalue weighted by atomic mass is 10.00. The van der Waals surface area contributed by atoms with Gasteiger partial charge in [-0.1, -0.05) is 6.92 Å². The summed E-state index contributed by atoms with van der Waals surface area (Å²) < 4.78 is 28.1. The van der Waals surface area contributed by atoms with Crippen molar-refractivity contribution in [2.75, 3.05) is 31.3 Å². The van der Waals surface area contributed by atoms with E-state index in [2.05, 4.69) is 5.32 Å². The van der Waals surface area contributed by atoms with Gasteiger partial charge >= 0.3 is 0 Å². The van der Waals surface area contributed by atoms with E-state index in [4.69, 9.17) is 4.74 Å². The van der Waals surface area contributed by atoms with E-state index in [1.54, 1.807) is 0 Å². The smallest absolute Gasteiger partial charge is 0.150 e. The van der Waals surface area contributed by atoms with E-state index in [1.807, 2.05) is 13.8 Å². The lowest BCUT2D eigenvalue weighted by Gasteiger charge is -2.22. The van der Waals surface area contributed by atoms with Crippen LogP contribution in [0.4, 0.5) is 0 Å². The number of likely N-dealkylation sites (N-methyl/N-ethyl adjacent to an activating group) is 1. The fraction of sp³-hybridized carbons (Fsp3) is 1.00. The maximum atomic E-state index is 11.4. The second-order valence-electron chi connectivity index (χ2n) is 3.99. The van der Waals surface area contributed by atoms with Gasteiger partial charge in [0.2, 0.25) is 0 Å². The van der Waals surface area contributed by atoms with Crippen molar-refractivity contribution in [3.05, 3.63) is 0 Å². The standard InChI is InChI=1S/C10H21NO3S/c1-3-11-10(7-14-4-2)9-5-6-15(12,13)8-9/h9-11H,3-8H2,1-2H3. The third-order valence-corrected chi connectivity index (χ3v) is 4.60. The van der Waals surface area contributed by atoms with Crippen LogP contribution in [0, 0.1) is 5.92 Å². The maximum absolute atomic E-state index is 11.4. The Kier molecular flexibility index (Phi) is 5.02. The Morgan fingerprint density at radius 1 is 1.47 bits per heavy atom. The van der Waals surface area contributed by atoms with E-state index in [0.717, 1.165) is 13.0 Å². The van der Waals surface area contributed by atoms with Crippen molar-refractivity contribution >= 4 is 9.84 Å². The van der Waals surface area contributed by atoms with Crippen molar-refractivity contribution in [1.29, 1.82) is 0 Å². The van der Waals surface area contributed by atoms with E-state index in [1.165, 1.54) is 0 Å². The summed E-state index contributed by atoms with van der Waals surface area (Å²) in [6.07, 6.45) is 0.771. The SMILES string of the molecule is CCNC(COCC)C1CCS(=O)(=O)C1. The summed E-state index contributed by atoms with van der Waals surface area (Å²) in [6, 6.07) is 0.187. The Balaban J connectivity index is 2.49. The van der Waals surface area contributed by atoms with Gasteiger partial charge in [0, 0.05) is 12.6 Å². The molecule has 0 aromatic carbocycles. The van der Waals surface area contributed by atoms with Crippen LogP contribution in [0.25, 0.3) is 0 Å². The molecule has 0 aromatic rings. The first kappa shape index (κ1) is 12.9. The van der Waals surface area contributed by atoms with Gasteiger partial charge in [-0.3, -0.25) is 0 Å². The van der Waals surface area contributed by atoms with Gasteiger partial charge in [0.25, 0.3) is 0 Å². The molecule has 0 aromatic heterocycles. The van der Waals surface area contributed by atoms with Crippen LogP contribution >= 0.6 is 0 Å². The van der Waals surface area contributed by atoms with Gasteiger partial charge in [-0.15, -0.1) is 0 Å². The van der Waals surface area contributed by atoms with Crippen molar-refractivity contribution in [2.45, 2.75) is 26.3 Å². The second-order valence-corrected chi connectivity index (χ2v) is 6.22. The van der Waals surface area contributed by atoms with Crippen LogP contribution in [0.2, 0.25) is 0 Å². The van der Waals surface area contributed by atoms with Gasteiger partial charge in [0.05, 0.1) is 18.1 Å². The second kappa shape index (κ2) is 5.82. The van der Waals surface area contributed by atoms with Crippen molar-refractivity contribution in [3.8, 4) is 0 Å². The molecular formula is C10H21NO3S. The monoisotopic (exact) mass is 235 g/mol. The summed E-state index contributed by atoms with van der Waals surface area (Å²) in [5, 5.41) is 3.31. The maximum Gasteiger partial charge on any atom is 0.150 e. The van der Waals surface area contributed by atoms with Crippen molar-refractivity contribution in [3.63, 3.8) is 0 Å². The average molecular weight is 235 g/mol. The highest BCUT2D eigenvalue weighted by Gasteiger charge is 2.33. The van der Waals surface area contributed by atoms with Crippen LogP contribution < -0.4 is 5.32 Å². The molecule has 1 saturated heterocycles. The molecule has 1 aliphatic rings. The molecule has 1 aliphatic heterocycles. The van der Waals surface area contributed by atoms with Crippen LogP contribution in [0.15, 0.2) is 0 Å². The Hall–Kier alpha value is -0.130. The lowest BCUT2D eigenvalue weighted by molar-refractivity contribution is 0.107. The molecule has 2 unspecified atom stereocenters. The molecule has 1 heterocycles. The first-order valence-electron chi connectivity index (χ1n) is 5.60. The molecular weight excluding hydrogens is 214 g/mol. The highest BCUT2D eigenvalue weighted by atomic mass is 32.2. The van der Waals surface area contributed by atoms with Gasteiger partial charge in [-0.25, -0.2) is 8.42 Å². The Labute approximate surface area is 92.3 Å². The summed E-state index contributed by atoms with van der Waals surface area (Å²) >= 11 is 0. The van der Waals surface area contributed by atoms with Crippen molar-refractivity contribution in [2.24, 2.45) is 5.92 Å². The first-order chi connectivity index (χ1) is 7.09. The molecule has 1 N–H and O–H groups in total. The number of rotatable bonds is 6. The van der Waals surface area contributed by atoms with E-state index in [-0.39, 0.29) is 12.0 Å². The molecule has 1 rings (SSSR count). The third kappa shape index (κ3) is 4.09. The third-order valence-electron chi connectivity index (χ3n) is 2.80. The normalized spacial score (nSPS) is 26.7. The van der Waals surface area contributed by atoms with Gasteiger partial charge in [-0.05, 0) is 25.8 Å². The van der Waals surface area contributed by atoms with Crippen LogP contribution in [-0.2, 0) is 14.6 Å². The minimum Gasteiger partial charge on any atom is -0.380 e. The number of hydrogen-bond acceptors (Lipinski definition) is 4. The Morgan fingerprint density at radius 2 is 2.20 bits per heavy atom. The van der Waals surface area contributed by atoms with Crippen LogP contribution in [0.3, 0.4) is 0 Å². The number of ether oxygens (including phenoxy) is 1. The first-order valence-corrected chi connectivity index (χ1v) is 7.42. The van der Waals surface area contributed by atoms with Crippen LogP contribution in [0.5, 0.6) is 0 Å². The minimum atomic E-state index is -2.78. The van der Waals surface area contributed by atoms with Crippen LogP contribution in [0.1, 0.15) is 20.3 Å². The highest BCUT2D eigenvalue weighted by Crippen LogP contribution is 2.22. The summed E-state index contributed by atoms with van der Waals surface area (Å²) in [6.45, 7) is 6.14. The van der Waals surface area contributed by atoms with Crippen LogP contribution in [-0.4, -0.2) is 45.7 Å². The summed E-state index contributed by atoms with van der Waals surface area (Å²) in [4.78, 5) is 0. The zero-order valence-electron chi connectivity index (χ0n) is 9.53. The predicted molar refractivity (Wildman–Crippen MR) is 60.7 cm³/mol. The molecule has 5 heteroatoms. The molecule has 4 nitrogen and oxygen atoms in total. The number of nitrogens with one attached hydrogen (secondary N) is 1. The summed E-state index contributed by atoms with van der Waals surface area (Å²) in [5.41, 5.74) is 0. The topological polar surface area (TPSA) is 55.4 Å². The Morgan fingerprint density at radius 3 is 2.67 bits per heavy atom. The molecule has 90 valence electrons. The molecule has 0 saturated carbocycles. The molecule has 0 radical (unpaired) electrons. The van der Waals surface area contributed by atoms with E-state index >= 15 is 0 Å². The quantitative estimate of drug-likeness (QED) is 0.725. The molecule has 0 bridgehead atoms. The largest absolute Gasteiger partial charge is 0.380 e. The summed E-state index contributed by atoms with van der Waals surface area (Å²) in [7, 11) is -2.78. The number of sulfone groups is 1. The Bertz CT molecular complexity index is 276. The molecule has 0 amide bonds. The molecule has 2 atom stereocenters. The minimum absolute atomic E-state index is 0.187. The fourth-order valence-corrected chi connectivity index (χ4v) is 3.89. The predicted octanol–water partition coefficient (Wildman–Crippen LogP) is 0.436. The summed E-state index contributed by atoms with van der Waals surface area (Å²) in [5.74, 6) is 0.880. The average Bonchev–Trinajstić information content (AvgIpc) is 2.53.